The van der Waals surface area contributed by atoms with E-state index in [0.29, 0.717) is 0 Å². The van der Waals surface area contributed by atoms with Gasteiger partial charge in [0.1, 0.15) is 0 Å². The highest BCUT2D eigenvalue weighted by Gasteiger charge is 2.11. The average molecular weight is 328 g/mol. The van der Waals surface area contributed by atoms with Crippen molar-refractivity contribution in [3.05, 3.63) is 56.5 Å². The zero-order valence-corrected chi connectivity index (χ0v) is 14.3. The minimum Gasteiger partial charge on any atom is -0.295 e. The maximum atomic E-state index is 11.3. The van der Waals surface area contributed by atoms with Crippen LogP contribution in [0.2, 0.25) is 0 Å². The van der Waals surface area contributed by atoms with Gasteiger partial charge in [-0.3, -0.25) is 4.79 Å². The first kappa shape index (κ1) is 15.1. The van der Waals surface area contributed by atoms with E-state index < -0.39 is 0 Å². The SMILES string of the molecule is CC(=O)c1ccc(Cc2nc(-c3sc(C)nc3C)cs2)cc1. The van der Waals surface area contributed by atoms with E-state index in [4.69, 9.17) is 4.98 Å². The lowest BCUT2D eigenvalue weighted by Gasteiger charge is -2.00. The molecule has 0 aliphatic rings. The van der Waals surface area contributed by atoms with Crippen LogP contribution in [0.3, 0.4) is 0 Å². The third-order valence-corrected chi connectivity index (χ3v) is 5.35. The van der Waals surface area contributed by atoms with Crippen molar-refractivity contribution < 1.29 is 4.79 Å². The Morgan fingerprint density at radius 2 is 1.86 bits per heavy atom. The molecule has 0 aliphatic carbocycles. The topological polar surface area (TPSA) is 42.9 Å². The quantitative estimate of drug-likeness (QED) is 0.653. The van der Waals surface area contributed by atoms with Crippen LogP contribution >= 0.6 is 22.7 Å². The lowest BCUT2D eigenvalue weighted by Crippen LogP contribution is -1.93. The van der Waals surface area contributed by atoms with E-state index in [1.165, 1.54) is 5.56 Å². The molecule has 2 heterocycles. The van der Waals surface area contributed by atoms with E-state index in [0.717, 1.165) is 38.3 Å². The molecule has 5 heteroatoms. The number of aryl methyl sites for hydroxylation is 2. The summed E-state index contributed by atoms with van der Waals surface area (Å²) < 4.78 is 0. The third-order valence-electron chi connectivity index (χ3n) is 3.40. The van der Waals surface area contributed by atoms with Gasteiger partial charge in [0.15, 0.2) is 5.78 Å². The molecule has 3 nitrogen and oxygen atoms in total. The van der Waals surface area contributed by atoms with Gasteiger partial charge < -0.3 is 0 Å². The number of hydrogen-bond donors (Lipinski definition) is 0. The van der Waals surface area contributed by atoms with Crippen molar-refractivity contribution in [1.82, 2.24) is 9.97 Å². The molecule has 3 rings (SSSR count). The summed E-state index contributed by atoms with van der Waals surface area (Å²) in [6.45, 7) is 5.63. The molecule has 0 N–H and O–H groups in total. The van der Waals surface area contributed by atoms with Gasteiger partial charge in [0.2, 0.25) is 0 Å². The summed E-state index contributed by atoms with van der Waals surface area (Å²) in [7, 11) is 0. The lowest BCUT2D eigenvalue weighted by atomic mass is 10.1. The van der Waals surface area contributed by atoms with Crippen LogP contribution in [-0.2, 0) is 6.42 Å². The van der Waals surface area contributed by atoms with Crippen LogP contribution in [0.25, 0.3) is 10.6 Å². The monoisotopic (exact) mass is 328 g/mol. The molecule has 3 aromatic rings. The van der Waals surface area contributed by atoms with Crippen molar-refractivity contribution in [2.75, 3.05) is 0 Å². The molecule has 0 saturated heterocycles. The summed E-state index contributed by atoms with van der Waals surface area (Å²) >= 11 is 3.36. The van der Waals surface area contributed by atoms with Crippen molar-refractivity contribution in [2.24, 2.45) is 0 Å². The fourth-order valence-corrected chi connectivity index (χ4v) is 4.07. The Labute approximate surface area is 137 Å². The molecule has 0 radical (unpaired) electrons. The van der Waals surface area contributed by atoms with E-state index in [1.54, 1.807) is 29.6 Å². The van der Waals surface area contributed by atoms with Crippen LogP contribution in [-0.4, -0.2) is 15.8 Å². The normalized spacial score (nSPS) is 10.9. The van der Waals surface area contributed by atoms with Crippen LogP contribution in [0.1, 0.15) is 38.6 Å². The van der Waals surface area contributed by atoms with E-state index >= 15 is 0 Å². The van der Waals surface area contributed by atoms with E-state index in [-0.39, 0.29) is 5.78 Å². The molecule has 0 fully saturated rings. The molecule has 0 unspecified atom stereocenters. The number of ketones is 1. The molecular weight excluding hydrogens is 312 g/mol. The van der Waals surface area contributed by atoms with Gasteiger partial charge in [-0.15, -0.1) is 22.7 Å². The van der Waals surface area contributed by atoms with Gasteiger partial charge in [-0.05, 0) is 26.3 Å². The summed E-state index contributed by atoms with van der Waals surface area (Å²) in [6.07, 6.45) is 0.791. The first-order valence-electron chi connectivity index (χ1n) is 7.01. The number of rotatable bonds is 4. The summed E-state index contributed by atoms with van der Waals surface area (Å²) in [5.41, 5.74) is 3.98. The van der Waals surface area contributed by atoms with Crippen molar-refractivity contribution in [1.29, 1.82) is 0 Å². The standard InChI is InChI=1S/C17H16N2OS2/c1-10-17(22-12(3)18-10)15-9-21-16(19-15)8-13-4-6-14(7-5-13)11(2)20/h4-7,9H,8H2,1-3H3. The number of thiazole rings is 2. The number of nitrogens with zero attached hydrogens (tertiary/aromatic N) is 2. The van der Waals surface area contributed by atoms with Gasteiger partial charge in [-0.1, -0.05) is 24.3 Å². The lowest BCUT2D eigenvalue weighted by molar-refractivity contribution is 0.101. The summed E-state index contributed by atoms with van der Waals surface area (Å²) in [5.74, 6) is 0.0964. The Hall–Kier alpha value is -1.85. The number of aromatic nitrogens is 2. The highest BCUT2D eigenvalue weighted by molar-refractivity contribution is 7.15. The predicted molar refractivity (Wildman–Crippen MR) is 91.9 cm³/mol. The van der Waals surface area contributed by atoms with Crippen molar-refractivity contribution >= 4 is 28.5 Å². The second-order valence-corrected chi connectivity index (χ2v) is 7.35. The Morgan fingerprint density at radius 3 is 2.45 bits per heavy atom. The number of hydrogen-bond acceptors (Lipinski definition) is 5. The summed E-state index contributed by atoms with van der Waals surface area (Å²) in [6, 6.07) is 7.76. The van der Waals surface area contributed by atoms with Gasteiger partial charge in [-0.2, -0.15) is 0 Å². The van der Waals surface area contributed by atoms with E-state index in [2.05, 4.69) is 10.4 Å². The predicted octanol–water partition coefficient (Wildman–Crippen LogP) is 4.68. The number of benzene rings is 1. The maximum Gasteiger partial charge on any atom is 0.159 e. The molecule has 0 bridgehead atoms. The van der Waals surface area contributed by atoms with E-state index in [9.17, 15) is 4.79 Å². The molecule has 1 aromatic carbocycles. The molecule has 112 valence electrons. The van der Waals surface area contributed by atoms with Gasteiger partial charge in [0.05, 0.1) is 26.3 Å². The first-order valence-corrected chi connectivity index (χ1v) is 8.71. The summed E-state index contributed by atoms with van der Waals surface area (Å²) in [5, 5.41) is 4.25. The smallest absolute Gasteiger partial charge is 0.159 e. The van der Waals surface area contributed by atoms with Gasteiger partial charge in [0, 0.05) is 17.4 Å². The molecule has 0 saturated carbocycles. The van der Waals surface area contributed by atoms with Crippen LogP contribution in [0.15, 0.2) is 29.6 Å². The molecule has 0 atom stereocenters. The Balaban J connectivity index is 1.79. The molecule has 2 aromatic heterocycles. The average Bonchev–Trinajstić information content (AvgIpc) is 3.06. The Bertz CT molecular complexity index is 816. The number of Topliss-reactive ketones (excluding diaryl/α,β-unsaturated/α-hetero) is 1. The second-order valence-electron chi connectivity index (χ2n) is 5.20. The van der Waals surface area contributed by atoms with Crippen molar-refractivity contribution in [2.45, 2.75) is 27.2 Å². The van der Waals surface area contributed by atoms with Crippen LogP contribution in [0, 0.1) is 13.8 Å². The minimum atomic E-state index is 0.0964. The van der Waals surface area contributed by atoms with Crippen molar-refractivity contribution in [3.8, 4) is 10.6 Å². The second kappa shape index (κ2) is 6.10. The van der Waals surface area contributed by atoms with E-state index in [1.807, 2.05) is 38.1 Å². The molecular formula is C17H16N2OS2. The molecule has 0 amide bonds. The third kappa shape index (κ3) is 3.15. The molecule has 0 spiro atoms. The number of carbonyl (C=O) groups excluding carboxylic acids is 1. The maximum absolute atomic E-state index is 11.3. The van der Waals surface area contributed by atoms with Crippen LogP contribution in [0.5, 0.6) is 0 Å². The van der Waals surface area contributed by atoms with Crippen molar-refractivity contribution in [3.63, 3.8) is 0 Å². The largest absolute Gasteiger partial charge is 0.295 e. The van der Waals surface area contributed by atoms with Crippen LogP contribution < -0.4 is 0 Å². The van der Waals surface area contributed by atoms with Gasteiger partial charge in [0.25, 0.3) is 0 Å². The Morgan fingerprint density at radius 1 is 1.14 bits per heavy atom. The molecule has 22 heavy (non-hydrogen) atoms. The zero-order valence-electron chi connectivity index (χ0n) is 12.7. The summed E-state index contributed by atoms with van der Waals surface area (Å²) in [4.78, 5) is 21.6. The number of carbonyl (C=O) groups is 1. The Kier molecular flexibility index (Phi) is 4.18. The van der Waals surface area contributed by atoms with Gasteiger partial charge in [-0.25, -0.2) is 9.97 Å². The molecule has 0 aliphatic heterocycles. The highest BCUT2D eigenvalue weighted by Crippen LogP contribution is 2.31. The fraction of sp³-hybridized carbons (Fsp3) is 0.235. The van der Waals surface area contributed by atoms with Crippen LogP contribution in [0.4, 0.5) is 0 Å². The minimum absolute atomic E-state index is 0.0964. The van der Waals surface area contributed by atoms with Gasteiger partial charge >= 0.3 is 0 Å². The fourth-order valence-electron chi connectivity index (χ4n) is 2.30. The first-order chi connectivity index (χ1) is 10.5. The highest BCUT2D eigenvalue weighted by atomic mass is 32.1. The zero-order chi connectivity index (χ0) is 15.7.